The first-order valence-corrected chi connectivity index (χ1v) is 6.15. The van der Waals surface area contributed by atoms with Gasteiger partial charge in [0.1, 0.15) is 10.8 Å². The van der Waals surface area contributed by atoms with Gasteiger partial charge in [-0.1, -0.05) is 32.4 Å². The number of rotatable bonds is 4. The number of hydrogen-bond donors (Lipinski definition) is 2. The van der Waals surface area contributed by atoms with Crippen molar-refractivity contribution in [1.82, 2.24) is 9.97 Å². The summed E-state index contributed by atoms with van der Waals surface area (Å²) < 4.78 is 0. The molecule has 0 fully saturated rings. The van der Waals surface area contributed by atoms with Crippen molar-refractivity contribution in [1.29, 1.82) is 0 Å². The highest BCUT2D eigenvalue weighted by molar-refractivity contribution is 6.33. The number of aliphatic hydroxyl groups excluding tert-OH is 1. The van der Waals surface area contributed by atoms with Crippen molar-refractivity contribution in [2.24, 2.45) is 5.41 Å². The van der Waals surface area contributed by atoms with E-state index in [0.29, 0.717) is 17.3 Å². The molecule has 2 N–H and O–H groups in total. The SMILES string of the molecule is CC(C)(C)C(CCO)Nc1nc(Cl)ncc1Cl. The monoisotopic (exact) mass is 277 g/mol. The van der Waals surface area contributed by atoms with Gasteiger partial charge in [-0.05, 0) is 23.4 Å². The minimum Gasteiger partial charge on any atom is -0.396 e. The quantitative estimate of drug-likeness (QED) is 0.831. The molecule has 1 aromatic heterocycles. The summed E-state index contributed by atoms with van der Waals surface area (Å²) in [5, 5.41) is 12.8. The van der Waals surface area contributed by atoms with E-state index in [1.54, 1.807) is 0 Å². The summed E-state index contributed by atoms with van der Waals surface area (Å²) in [6, 6.07) is 0.0518. The topological polar surface area (TPSA) is 58.0 Å². The molecule has 17 heavy (non-hydrogen) atoms. The van der Waals surface area contributed by atoms with Crippen LogP contribution in [0.2, 0.25) is 10.3 Å². The van der Waals surface area contributed by atoms with Gasteiger partial charge in [-0.2, -0.15) is 4.98 Å². The maximum absolute atomic E-state index is 9.07. The Bertz CT molecular complexity index is 379. The molecule has 0 saturated heterocycles. The Kier molecular flexibility index (Phi) is 4.98. The van der Waals surface area contributed by atoms with Gasteiger partial charge in [0.25, 0.3) is 0 Å². The molecule has 0 saturated carbocycles. The third kappa shape index (κ3) is 4.30. The molecule has 4 nitrogen and oxygen atoms in total. The van der Waals surface area contributed by atoms with Crippen LogP contribution in [0, 0.1) is 5.41 Å². The first kappa shape index (κ1) is 14.5. The molecular weight excluding hydrogens is 261 g/mol. The first-order chi connectivity index (χ1) is 7.84. The molecule has 1 heterocycles. The zero-order valence-electron chi connectivity index (χ0n) is 10.2. The summed E-state index contributed by atoms with van der Waals surface area (Å²) in [7, 11) is 0. The fourth-order valence-electron chi connectivity index (χ4n) is 1.46. The van der Waals surface area contributed by atoms with E-state index in [1.807, 2.05) is 0 Å². The Balaban J connectivity index is 2.89. The number of aromatic nitrogens is 2. The largest absolute Gasteiger partial charge is 0.396 e. The van der Waals surface area contributed by atoms with Crippen LogP contribution < -0.4 is 5.32 Å². The van der Waals surface area contributed by atoms with Gasteiger partial charge in [-0.25, -0.2) is 4.98 Å². The van der Waals surface area contributed by atoms with Gasteiger partial charge < -0.3 is 10.4 Å². The molecule has 0 aliphatic carbocycles. The second-order valence-corrected chi connectivity index (χ2v) is 5.66. The van der Waals surface area contributed by atoms with E-state index in [2.05, 4.69) is 36.1 Å². The van der Waals surface area contributed by atoms with Crippen LogP contribution in [0.5, 0.6) is 0 Å². The molecule has 6 heteroatoms. The second-order valence-electron chi connectivity index (χ2n) is 4.91. The van der Waals surface area contributed by atoms with Gasteiger partial charge >= 0.3 is 0 Å². The van der Waals surface area contributed by atoms with Crippen LogP contribution in [0.25, 0.3) is 0 Å². The van der Waals surface area contributed by atoms with Gasteiger partial charge in [0.15, 0.2) is 0 Å². The van der Waals surface area contributed by atoms with Gasteiger partial charge in [0.2, 0.25) is 5.28 Å². The summed E-state index contributed by atoms with van der Waals surface area (Å²) >= 11 is 11.7. The van der Waals surface area contributed by atoms with E-state index in [0.717, 1.165) is 0 Å². The van der Waals surface area contributed by atoms with Crippen LogP contribution in [0.3, 0.4) is 0 Å². The molecule has 0 aromatic carbocycles. The highest BCUT2D eigenvalue weighted by Gasteiger charge is 2.25. The number of nitrogens with zero attached hydrogens (tertiary/aromatic N) is 2. The lowest BCUT2D eigenvalue weighted by Crippen LogP contribution is -2.35. The highest BCUT2D eigenvalue weighted by atomic mass is 35.5. The summed E-state index contributed by atoms with van der Waals surface area (Å²) in [5.41, 5.74) is -0.0243. The normalized spacial score (nSPS) is 13.5. The highest BCUT2D eigenvalue weighted by Crippen LogP contribution is 2.28. The molecule has 1 rings (SSSR count). The predicted octanol–water partition coefficient (Wildman–Crippen LogP) is 2.99. The molecular formula is C11H17Cl2N3O. The van der Waals surface area contributed by atoms with Crippen LogP contribution in [-0.4, -0.2) is 27.7 Å². The Labute approximate surface area is 111 Å². The minimum absolute atomic E-state index is 0.0243. The summed E-state index contributed by atoms with van der Waals surface area (Å²) in [6.45, 7) is 6.34. The minimum atomic E-state index is -0.0243. The van der Waals surface area contributed by atoms with Gasteiger partial charge in [-0.15, -0.1) is 0 Å². The van der Waals surface area contributed by atoms with Crippen molar-refractivity contribution in [3.8, 4) is 0 Å². The maximum Gasteiger partial charge on any atom is 0.224 e. The average molecular weight is 278 g/mol. The summed E-state index contributed by atoms with van der Waals surface area (Å²) in [6.07, 6.45) is 2.07. The number of aliphatic hydroxyl groups is 1. The second kappa shape index (κ2) is 5.85. The summed E-state index contributed by atoms with van der Waals surface area (Å²) in [5.74, 6) is 0.500. The van der Waals surface area contributed by atoms with Gasteiger partial charge in [-0.3, -0.25) is 0 Å². The fourth-order valence-corrected chi connectivity index (χ4v) is 1.74. The van der Waals surface area contributed by atoms with Crippen LogP contribution in [0.15, 0.2) is 6.20 Å². The molecule has 1 aromatic rings. The molecule has 0 radical (unpaired) electrons. The number of anilines is 1. The van der Waals surface area contributed by atoms with Crippen LogP contribution >= 0.6 is 23.2 Å². The molecule has 0 amide bonds. The van der Waals surface area contributed by atoms with Crippen molar-refractivity contribution in [3.05, 3.63) is 16.5 Å². The molecule has 0 spiro atoms. The van der Waals surface area contributed by atoms with Crippen molar-refractivity contribution >= 4 is 29.0 Å². The number of halogens is 2. The smallest absolute Gasteiger partial charge is 0.224 e. The third-order valence-electron chi connectivity index (χ3n) is 2.49. The fraction of sp³-hybridized carbons (Fsp3) is 0.636. The van der Waals surface area contributed by atoms with E-state index >= 15 is 0 Å². The Morgan fingerprint density at radius 1 is 1.41 bits per heavy atom. The van der Waals surface area contributed by atoms with E-state index in [9.17, 15) is 0 Å². The average Bonchev–Trinajstić information content (AvgIpc) is 2.21. The first-order valence-electron chi connectivity index (χ1n) is 5.40. The van der Waals surface area contributed by atoms with Crippen molar-refractivity contribution in [2.45, 2.75) is 33.2 Å². The maximum atomic E-state index is 9.07. The lowest BCUT2D eigenvalue weighted by molar-refractivity contribution is 0.235. The van der Waals surface area contributed by atoms with Gasteiger partial charge in [0.05, 0.1) is 6.20 Å². The lowest BCUT2D eigenvalue weighted by atomic mass is 9.85. The van der Waals surface area contributed by atoms with Gasteiger partial charge in [0, 0.05) is 12.6 Å². The molecule has 1 unspecified atom stereocenters. The van der Waals surface area contributed by atoms with Crippen molar-refractivity contribution in [2.75, 3.05) is 11.9 Å². The zero-order valence-corrected chi connectivity index (χ0v) is 11.7. The van der Waals surface area contributed by atoms with E-state index in [-0.39, 0.29) is 23.3 Å². The molecule has 96 valence electrons. The standard InChI is InChI=1S/C11H17Cl2N3O/c1-11(2,3)8(4-5-17)15-9-7(12)6-14-10(13)16-9/h6,8,17H,4-5H2,1-3H3,(H,14,15,16). The zero-order chi connectivity index (χ0) is 13.1. The van der Waals surface area contributed by atoms with Crippen LogP contribution in [0.4, 0.5) is 5.82 Å². The van der Waals surface area contributed by atoms with Crippen LogP contribution in [-0.2, 0) is 0 Å². The van der Waals surface area contributed by atoms with Crippen molar-refractivity contribution < 1.29 is 5.11 Å². The Hall–Kier alpha value is -0.580. The molecule has 0 aliphatic heterocycles. The molecule has 0 aliphatic rings. The lowest BCUT2D eigenvalue weighted by Gasteiger charge is -2.31. The molecule has 1 atom stereocenters. The van der Waals surface area contributed by atoms with E-state index < -0.39 is 0 Å². The summed E-state index contributed by atoms with van der Waals surface area (Å²) in [4.78, 5) is 7.83. The van der Waals surface area contributed by atoms with E-state index in [4.69, 9.17) is 28.3 Å². The van der Waals surface area contributed by atoms with Crippen molar-refractivity contribution in [3.63, 3.8) is 0 Å². The predicted molar refractivity (Wildman–Crippen MR) is 70.6 cm³/mol. The molecule has 0 bridgehead atoms. The Morgan fingerprint density at radius 2 is 2.06 bits per heavy atom. The number of nitrogens with one attached hydrogen (secondary N) is 1. The number of hydrogen-bond acceptors (Lipinski definition) is 4. The Morgan fingerprint density at radius 3 is 2.59 bits per heavy atom. The van der Waals surface area contributed by atoms with Crippen LogP contribution in [0.1, 0.15) is 27.2 Å². The third-order valence-corrected chi connectivity index (χ3v) is 2.95. The van der Waals surface area contributed by atoms with E-state index in [1.165, 1.54) is 6.20 Å².